The number of hydrogen-bond donors (Lipinski definition) is 1. The van der Waals surface area contributed by atoms with Gasteiger partial charge in [-0.15, -0.1) is 0 Å². The first-order valence-electron chi connectivity index (χ1n) is 4.51. The maximum Gasteiger partial charge on any atom is 0.323 e. The predicted octanol–water partition coefficient (Wildman–Crippen LogP) is 0.720. The minimum absolute atomic E-state index is 0.0163. The Morgan fingerprint density at radius 3 is 2.69 bits per heavy atom. The van der Waals surface area contributed by atoms with Crippen molar-refractivity contribution in [3.63, 3.8) is 0 Å². The molecule has 4 heteroatoms. The second-order valence-corrected chi connectivity index (χ2v) is 3.78. The van der Waals surface area contributed by atoms with Crippen molar-refractivity contribution in [2.75, 3.05) is 13.1 Å². The summed E-state index contributed by atoms with van der Waals surface area (Å²) in [6.45, 7) is 4.28. The minimum atomic E-state index is -0.936. The van der Waals surface area contributed by atoms with E-state index >= 15 is 0 Å². The van der Waals surface area contributed by atoms with Crippen LogP contribution in [0.5, 0.6) is 0 Å². The van der Waals surface area contributed by atoms with Gasteiger partial charge in [-0.1, -0.05) is 13.8 Å². The predicted molar refractivity (Wildman–Crippen MR) is 47.2 cm³/mol. The Balaban J connectivity index is 2.65. The van der Waals surface area contributed by atoms with E-state index in [1.165, 1.54) is 4.90 Å². The van der Waals surface area contributed by atoms with Crippen LogP contribution in [0.3, 0.4) is 0 Å². The van der Waals surface area contributed by atoms with Gasteiger partial charge in [-0.3, -0.25) is 9.59 Å². The van der Waals surface area contributed by atoms with E-state index in [-0.39, 0.29) is 17.9 Å². The normalized spacial score (nSPS) is 28.2. The molecule has 1 amide bonds. The van der Waals surface area contributed by atoms with E-state index in [4.69, 9.17) is 5.11 Å². The van der Waals surface area contributed by atoms with Crippen molar-refractivity contribution in [3.8, 4) is 0 Å². The molecule has 0 saturated carbocycles. The van der Waals surface area contributed by atoms with Crippen molar-refractivity contribution in [1.82, 2.24) is 4.90 Å². The molecule has 0 aromatic heterocycles. The van der Waals surface area contributed by atoms with Crippen LogP contribution >= 0.6 is 0 Å². The molecule has 0 aromatic rings. The van der Waals surface area contributed by atoms with E-state index in [2.05, 4.69) is 0 Å². The summed E-state index contributed by atoms with van der Waals surface area (Å²) in [6, 6.07) is 0. The molecule has 0 bridgehead atoms. The van der Waals surface area contributed by atoms with Gasteiger partial charge in [0, 0.05) is 12.0 Å². The van der Waals surface area contributed by atoms with E-state index < -0.39 is 5.97 Å². The van der Waals surface area contributed by atoms with Crippen LogP contribution < -0.4 is 0 Å². The smallest absolute Gasteiger partial charge is 0.323 e. The molecule has 1 atom stereocenters. The first-order chi connectivity index (χ1) is 5.99. The third-order valence-electron chi connectivity index (χ3n) is 2.84. The lowest BCUT2D eigenvalue weighted by Crippen LogP contribution is -2.35. The van der Waals surface area contributed by atoms with E-state index in [0.29, 0.717) is 6.54 Å². The van der Waals surface area contributed by atoms with Gasteiger partial charge in [-0.2, -0.15) is 0 Å². The van der Waals surface area contributed by atoms with Gasteiger partial charge in [0.1, 0.15) is 6.54 Å². The summed E-state index contributed by atoms with van der Waals surface area (Å²) >= 11 is 0. The molecular formula is C9H15NO3. The zero-order chi connectivity index (χ0) is 10.1. The fraction of sp³-hybridized carbons (Fsp3) is 0.778. The lowest BCUT2D eigenvalue weighted by molar-refractivity contribution is -0.145. The van der Waals surface area contributed by atoms with E-state index in [1.54, 1.807) is 0 Å². The highest BCUT2D eigenvalue weighted by molar-refractivity contribution is 5.87. The van der Waals surface area contributed by atoms with Crippen LogP contribution in [-0.4, -0.2) is 35.0 Å². The number of carboxylic acids is 1. The number of amides is 1. The fourth-order valence-electron chi connectivity index (χ4n) is 1.61. The summed E-state index contributed by atoms with van der Waals surface area (Å²) in [4.78, 5) is 23.5. The van der Waals surface area contributed by atoms with Crippen molar-refractivity contribution in [1.29, 1.82) is 0 Å². The molecule has 1 unspecified atom stereocenters. The molecular weight excluding hydrogens is 170 g/mol. The van der Waals surface area contributed by atoms with Gasteiger partial charge >= 0.3 is 5.97 Å². The van der Waals surface area contributed by atoms with Gasteiger partial charge in [0.25, 0.3) is 0 Å². The quantitative estimate of drug-likeness (QED) is 0.704. The van der Waals surface area contributed by atoms with Crippen molar-refractivity contribution >= 4 is 11.9 Å². The van der Waals surface area contributed by atoms with Crippen LogP contribution in [0.25, 0.3) is 0 Å². The largest absolute Gasteiger partial charge is 0.480 e. The highest BCUT2D eigenvalue weighted by Crippen LogP contribution is 2.34. The van der Waals surface area contributed by atoms with Crippen molar-refractivity contribution < 1.29 is 14.7 Å². The number of carbonyl (C=O) groups is 2. The monoisotopic (exact) mass is 185 g/mol. The first-order valence-corrected chi connectivity index (χ1v) is 4.51. The van der Waals surface area contributed by atoms with Gasteiger partial charge in [-0.25, -0.2) is 0 Å². The molecule has 1 aliphatic rings. The molecule has 1 saturated heterocycles. The molecule has 1 heterocycles. The molecule has 1 aliphatic heterocycles. The van der Waals surface area contributed by atoms with Crippen LogP contribution in [0, 0.1) is 5.41 Å². The number of hydrogen-bond acceptors (Lipinski definition) is 2. The Labute approximate surface area is 77.5 Å². The fourth-order valence-corrected chi connectivity index (χ4v) is 1.61. The van der Waals surface area contributed by atoms with Crippen LogP contribution in [0.2, 0.25) is 0 Å². The highest BCUT2D eigenvalue weighted by atomic mass is 16.4. The second kappa shape index (κ2) is 3.36. The van der Waals surface area contributed by atoms with Gasteiger partial charge in [0.15, 0.2) is 0 Å². The summed E-state index contributed by atoms with van der Waals surface area (Å²) in [5, 5.41) is 8.54. The highest BCUT2D eigenvalue weighted by Gasteiger charge is 2.41. The lowest BCUT2D eigenvalue weighted by atomic mass is 9.86. The van der Waals surface area contributed by atoms with Crippen LogP contribution in [0.15, 0.2) is 0 Å². The molecule has 1 rings (SSSR count). The molecule has 0 radical (unpaired) electrons. The maximum atomic E-state index is 11.7. The summed E-state index contributed by atoms with van der Waals surface area (Å²) < 4.78 is 0. The summed E-state index contributed by atoms with van der Waals surface area (Å²) in [6.07, 6.45) is 1.55. The van der Waals surface area contributed by atoms with Gasteiger partial charge < -0.3 is 10.0 Å². The first kappa shape index (κ1) is 10.0. The topological polar surface area (TPSA) is 57.6 Å². The summed E-state index contributed by atoms with van der Waals surface area (Å²) in [5.41, 5.74) is -0.324. The lowest BCUT2D eigenvalue weighted by Gasteiger charge is -2.20. The molecule has 1 fully saturated rings. The zero-order valence-electron chi connectivity index (χ0n) is 8.04. The van der Waals surface area contributed by atoms with Crippen LogP contribution in [0.4, 0.5) is 0 Å². The molecule has 4 nitrogen and oxygen atoms in total. The number of likely N-dealkylation sites (tertiary alicyclic amines) is 1. The Kier molecular flexibility index (Phi) is 2.59. The second-order valence-electron chi connectivity index (χ2n) is 3.78. The Morgan fingerprint density at radius 1 is 1.69 bits per heavy atom. The third-order valence-corrected chi connectivity index (χ3v) is 2.84. The van der Waals surface area contributed by atoms with Crippen molar-refractivity contribution in [3.05, 3.63) is 0 Å². The van der Waals surface area contributed by atoms with Crippen LogP contribution in [-0.2, 0) is 9.59 Å². The van der Waals surface area contributed by atoms with E-state index in [0.717, 1.165) is 12.8 Å². The summed E-state index contributed by atoms with van der Waals surface area (Å²) in [5.74, 6) is -0.953. The van der Waals surface area contributed by atoms with Crippen molar-refractivity contribution in [2.24, 2.45) is 5.41 Å². The SMILES string of the molecule is CCC1(C)CCN(CC(=O)O)C1=O. The molecule has 0 spiro atoms. The molecule has 1 N–H and O–H groups in total. The zero-order valence-corrected chi connectivity index (χ0v) is 8.04. The molecule has 0 aliphatic carbocycles. The summed E-state index contributed by atoms with van der Waals surface area (Å²) in [7, 11) is 0. The average molecular weight is 185 g/mol. The van der Waals surface area contributed by atoms with Gasteiger partial charge in [-0.05, 0) is 12.8 Å². The van der Waals surface area contributed by atoms with Gasteiger partial charge in [0.05, 0.1) is 0 Å². The minimum Gasteiger partial charge on any atom is -0.480 e. The van der Waals surface area contributed by atoms with E-state index in [1.807, 2.05) is 13.8 Å². The van der Waals surface area contributed by atoms with Crippen molar-refractivity contribution in [2.45, 2.75) is 26.7 Å². The van der Waals surface area contributed by atoms with Crippen LogP contribution in [0.1, 0.15) is 26.7 Å². The van der Waals surface area contributed by atoms with E-state index in [9.17, 15) is 9.59 Å². The number of carbonyl (C=O) groups excluding carboxylic acids is 1. The molecule has 74 valence electrons. The number of aliphatic carboxylic acids is 1. The third kappa shape index (κ3) is 1.82. The Hall–Kier alpha value is -1.06. The number of rotatable bonds is 3. The standard InChI is InChI=1S/C9H15NO3/c1-3-9(2)4-5-10(8(9)13)6-7(11)12/h3-6H2,1-2H3,(H,11,12). The van der Waals surface area contributed by atoms with Gasteiger partial charge in [0.2, 0.25) is 5.91 Å². The number of carboxylic acid groups (broad SMARTS) is 1. The number of nitrogens with zero attached hydrogens (tertiary/aromatic N) is 1. The Bertz CT molecular complexity index is 239. The molecule has 13 heavy (non-hydrogen) atoms. The Morgan fingerprint density at radius 2 is 2.31 bits per heavy atom. The average Bonchev–Trinajstić information content (AvgIpc) is 2.33. The molecule has 0 aromatic carbocycles. The maximum absolute atomic E-state index is 11.7.